The van der Waals surface area contributed by atoms with E-state index in [0.717, 1.165) is 25.7 Å². The lowest BCUT2D eigenvalue weighted by molar-refractivity contribution is -0.150. The van der Waals surface area contributed by atoms with Crippen molar-refractivity contribution in [2.45, 2.75) is 51.7 Å². The number of rotatable bonds is 2. The monoisotopic (exact) mass is 199 g/mol. The Labute approximate surface area is 84.0 Å². The van der Waals surface area contributed by atoms with Gasteiger partial charge in [0.15, 0.2) is 0 Å². The summed E-state index contributed by atoms with van der Waals surface area (Å²) in [4.78, 5) is 21.7. The third-order valence-electron chi connectivity index (χ3n) is 2.41. The van der Waals surface area contributed by atoms with E-state index in [1.165, 1.54) is 13.8 Å². The first-order valence-electron chi connectivity index (χ1n) is 5.04. The lowest BCUT2D eigenvalue weighted by Crippen LogP contribution is -2.46. The summed E-state index contributed by atoms with van der Waals surface area (Å²) in [5.41, 5.74) is 0. The number of ether oxygens (including phenoxy) is 1. The van der Waals surface area contributed by atoms with E-state index in [2.05, 4.69) is 5.32 Å². The molecule has 4 heteroatoms. The first-order chi connectivity index (χ1) is 6.59. The van der Waals surface area contributed by atoms with Crippen LogP contribution in [0.5, 0.6) is 0 Å². The van der Waals surface area contributed by atoms with Crippen LogP contribution in [0.2, 0.25) is 0 Å². The van der Waals surface area contributed by atoms with Gasteiger partial charge in [0, 0.05) is 13.8 Å². The number of amides is 1. The van der Waals surface area contributed by atoms with Crippen molar-refractivity contribution in [2.75, 3.05) is 0 Å². The second-order valence-electron chi connectivity index (χ2n) is 3.74. The third kappa shape index (κ3) is 3.36. The lowest BCUT2D eigenvalue weighted by Gasteiger charge is -2.31. The number of esters is 1. The fraction of sp³-hybridized carbons (Fsp3) is 0.800. The Morgan fingerprint density at radius 2 is 1.86 bits per heavy atom. The largest absolute Gasteiger partial charge is 0.460 e. The highest BCUT2D eigenvalue weighted by Gasteiger charge is 2.27. The second kappa shape index (κ2) is 4.98. The average Bonchev–Trinajstić information content (AvgIpc) is 2.06. The van der Waals surface area contributed by atoms with Crippen LogP contribution in [0, 0.1) is 0 Å². The molecule has 1 aliphatic carbocycles. The van der Waals surface area contributed by atoms with Crippen LogP contribution in [0.4, 0.5) is 0 Å². The van der Waals surface area contributed by atoms with Crippen molar-refractivity contribution in [3.8, 4) is 0 Å². The predicted molar refractivity (Wildman–Crippen MR) is 51.6 cm³/mol. The van der Waals surface area contributed by atoms with E-state index >= 15 is 0 Å². The fourth-order valence-corrected chi connectivity index (χ4v) is 1.88. The highest BCUT2D eigenvalue weighted by Crippen LogP contribution is 2.21. The maximum atomic E-state index is 10.9. The third-order valence-corrected chi connectivity index (χ3v) is 2.41. The van der Waals surface area contributed by atoms with Crippen LogP contribution < -0.4 is 5.32 Å². The number of nitrogens with one attached hydrogen (secondary N) is 1. The van der Waals surface area contributed by atoms with E-state index in [0.29, 0.717) is 0 Å². The van der Waals surface area contributed by atoms with E-state index in [-0.39, 0.29) is 24.0 Å². The van der Waals surface area contributed by atoms with E-state index < -0.39 is 0 Å². The predicted octanol–water partition coefficient (Wildman–Crippen LogP) is 0.997. The minimum Gasteiger partial charge on any atom is -0.460 e. The van der Waals surface area contributed by atoms with Gasteiger partial charge in [-0.05, 0) is 19.3 Å². The molecule has 0 saturated heterocycles. The van der Waals surface area contributed by atoms with E-state index in [4.69, 9.17) is 4.74 Å². The molecule has 14 heavy (non-hydrogen) atoms. The van der Waals surface area contributed by atoms with Crippen LogP contribution in [0.25, 0.3) is 0 Å². The van der Waals surface area contributed by atoms with Crippen LogP contribution in [0.15, 0.2) is 0 Å². The molecule has 0 aromatic rings. The summed E-state index contributed by atoms with van der Waals surface area (Å²) in [6, 6.07) is 0.00477. The minimum absolute atomic E-state index is 0.00477. The van der Waals surface area contributed by atoms with Gasteiger partial charge in [-0.2, -0.15) is 0 Å². The quantitative estimate of drug-likeness (QED) is 0.675. The molecule has 80 valence electrons. The molecule has 0 unspecified atom stereocenters. The molecule has 0 aromatic carbocycles. The van der Waals surface area contributed by atoms with Gasteiger partial charge in [0.1, 0.15) is 6.10 Å². The van der Waals surface area contributed by atoms with Gasteiger partial charge in [0.25, 0.3) is 0 Å². The molecule has 1 saturated carbocycles. The zero-order valence-corrected chi connectivity index (χ0v) is 8.71. The fourth-order valence-electron chi connectivity index (χ4n) is 1.88. The summed E-state index contributed by atoms with van der Waals surface area (Å²) in [6.45, 7) is 2.89. The molecule has 1 aliphatic rings. The summed E-state index contributed by atoms with van der Waals surface area (Å²) in [5, 5.41) is 2.82. The molecule has 0 spiro atoms. The van der Waals surface area contributed by atoms with Gasteiger partial charge in [-0.25, -0.2) is 0 Å². The number of hydrogen-bond donors (Lipinski definition) is 1. The van der Waals surface area contributed by atoms with Crippen molar-refractivity contribution >= 4 is 11.9 Å². The van der Waals surface area contributed by atoms with Crippen LogP contribution in [0.1, 0.15) is 39.5 Å². The van der Waals surface area contributed by atoms with Gasteiger partial charge in [-0.3, -0.25) is 9.59 Å². The normalized spacial score (nSPS) is 26.7. The van der Waals surface area contributed by atoms with Gasteiger partial charge >= 0.3 is 5.97 Å². The van der Waals surface area contributed by atoms with Crippen molar-refractivity contribution in [3.63, 3.8) is 0 Å². The smallest absolute Gasteiger partial charge is 0.302 e. The molecule has 0 radical (unpaired) electrons. The molecule has 1 fully saturated rings. The number of carbonyl (C=O) groups excluding carboxylic acids is 2. The van der Waals surface area contributed by atoms with Crippen molar-refractivity contribution in [2.24, 2.45) is 0 Å². The molecule has 4 nitrogen and oxygen atoms in total. The molecular formula is C10H17NO3. The second-order valence-corrected chi connectivity index (χ2v) is 3.74. The van der Waals surface area contributed by atoms with Crippen molar-refractivity contribution in [1.82, 2.24) is 5.32 Å². The van der Waals surface area contributed by atoms with E-state index in [1.807, 2.05) is 0 Å². The standard InChI is InChI=1S/C10H17NO3/c1-7(12)11-9-5-3-4-6-10(9)14-8(2)13/h9-10H,3-6H2,1-2H3,(H,11,12)/t9-,10+/m0/s1. The molecule has 2 atom stereocenters. The summed E-state index contributed by atoms with van der Waals surface area (Å²) < 4.78 is 5.15. The Balaban J connectivity index is 2.49. The van der Waals surface area contributed by atoms with Crippen LogP contribution in [-0.2, 0) is 14.3 Å². The topological polar surface area (TPSA) is 55.4 Å². The Morgan fingerprint density at radius 3 is 2.43 bits per heavy atom. The zero-order valence-electron chi connectivity index (χ0n) is 8.71. The SMILES string of the molecule is CC(=O)N[C@H]1CCCC[C@H]1OC(C)=O. The van der Waals surface area contributed by atoms with Crippen LogP contribution in [0.3, 0.4) is 0 Å². The van der Waals surface area contributed by atoms with Gasteiger partial charge in [0.2, 0.25) is 5.91 Å². The molecule has 1 rings (SSSR count). The summed E-state index contributed by atoms with van der Waals surface area (Å²) in [7, 11) is 0. The molecule has 0 aliphatic heterocycles. The molecule has 0 bridgehead atoms. The maximum absolute atomic E-state index is 10.9. The Kier molecular flexibility index (Phi) is 3.92. The van der Waals surface area contributed by atoms with Crippen molar-refractivity contribution < 1.29 is 14.3 Å². The maximum Gasteiger partial charge on any atom is 0.302 e. The zero-order chi connectivity index (χ0) is 10.6. The van der Waals surface area contributed by atoms with Gasteiger partial charge in [-0.15, -0.1) is 0 Å². The van der Waals surface area contributed by atoms with E-state index in [1.54, 1.807) is 0 Å². The highest BCUT2D eigenvalue weighted by molar-refractivity contribution is 5.73. The lowest BCUT2D eigenvalue weighted by atomic mass is 9.92. The van der Waals surface area contributed by atoms with Gasteiger partial charge < -0.3 is 10.1 Å². The van der Waals surface area contributed by atoms with E-state index in [9.17, 15) is 9.59 Å². The minimum atomic E-state index is -0.271. The number of carbonyl (C=O) groups is 2. The Bertz CT molecular complexity index is 203. The van der Waals surface area contributed by atoms with Crippen molar-refractivity contribution in [1.29, 1.82) is 0 Å². The first kappa shape index (κ1) is 11.0. The first-order valence-corrected chi connectivity index (χ1v) is 5.04. The number of hydrogen-bond acceptors (Lipinski definition) is 3. The average molecular weight is 199 g/mol. The van der Waals surface area contributed by atoms with Gasteiger partial charge in [-0.1, -0.05) is 6.42 Å². The summed E-state index contributed by atoms with van der Waals surface area (Å²) in [6.07, 6.45) is 3.77. The van der Waals surface area contributed by atoms with Gasteiger partial charge in [0.05, 0.1) is 6.04 Å². The molecule has 0 heterocycles. The molecule has 0 aromatic heterocycles. The Hall–Kier alpha value is -1.06. The molecule has 1 N–H and O–H groups in total. The van der Waals surface area contributed by atoms with Crippen molar-refractivity contribution in [3.05, 3.63) is 0 Å². The highest BCUT2D eigenvalue weighted by atomic mass is 16.5. The molecule has 1 amide bonds. The summed E-state index contributed by atoms with van der Waals surface area (Å²) in [5.74, 6) is -0.332. The Morgan fingerprint density at radius 1 is 1.21 bits per heavy atom. The van der Waals surface area contributed by atoms with Crippen LogP contribution in [-0.4, -0.2) is 24.0 Å². The summed E-state index contributed by atoms with van der Waals surface area (Å²) >= 11 is 0. The van der Waals surface area contributed by atoms with Crippen LogP contribution >= 0.6 is 0 Å². The molecular weight excluding hydrogens is 182 g/mol.